The first-order chi connectivity index (χ1) is 12.2. The van der Waals surface area contributed by atoms with Crippen molar-refractivity contribution in [3.8, 4) is 0 Å². The highest BCUT2D eigenvalue weighted by Crippen LogP contribution is 2.45. The highest BCUT2D eigenvalue weighted by Gasteiger charge is 2.45. The Hall–Kier alpha value is -2.37. The number of carbonyl (C=O) groups is 1. The van der Waals surface area contributed by atoms with Gasteiger partial charge in [-0.2, -0.15) is 5.10 Å². The lowest BCUT2D eigenvalue weighted by Gasteiger charge is -2.20. The first-order valence-electron chi connectivity index (χ1n) is 9.11. The third kappa shape index (κ3) is 3.25. The minimum Gasteiger partial charge on any atom is -0.462 e. The number of aromatic nitrogens is 3. The van der Waals surface area contributed by atoms with E-state index in [1.807, 2.05) is 0 Å². The number of rotatable bonds is 6. The lowest BCUT2D eigenvalue weighted by molar-refractivity contribution is 0.0526. The molecule has 132 valence electrons. The molecule has 2 aliphatic rings. The Morgan fingerprint density at radius 3 is 2.80 bits per heavy atom. The standard InChI is InChI=1S/C19H24N4O2/c1-3-17-13(11-23-12-16(8-20-23)19(24)25-4-2)5-6-18(21-17)22-9-14-7-15(14)10-22/h5-6,8,12,14-15H,3-4,7,9-11H2,1-2H3. The summed E-state index contributed by atoms with van der Waals surface area (Å²) in [6.07, 6.45) is 5.58. The molecule has 2 fully saturated rings. The van der Waals surface area contributed by atoms with E-state index >= 15 is 0 Å². The molecule has 6 nitrogen and oxygen atoms in total. The van der Waals surface area contributed by atoms with Gasteiger partial charge in [-0.25, -0.2) is 9.78 Å². The number of esters is 1. The van der Waals surface area contributed by atoms with Crippen LogP contribution in [0.2, 0.25) is 0 Å². The molecule has 25 heavy (non-hydrogen) atoms. The molecule has 2 atom stereocenters. The summed E-state index contributed by atoms with van der Waals surface area (Å²) in [5, 5.41) is 4.28. The number of fused-ring (bicyclic) bond motifs is 1. The molecule has 0 amide bonds. The SMILES string of the molecule is CCOC(=O)c1cnn(Cc2ccc(N3CC4CC4C3)nc2CC)c1. The molecule has 0 N–H and O–H groups in total. The molecule has 0 aromatic carbocycles. The van der Waals surface area contributed by atoms with Crippen molar-refractivity contribution in [2.45, 2.75) is 33.2 Å². The van der Waals surface area contributed by atoms with Crippen molar-refractivity contribution < 1.29 is 9.53 Å². The van der Waals surface area contributed by atoms with Crippen molar-refractivity contribution in [2.24, 2.45) is 11.8 Å². The summed E-state index contributed by atoms with van der Waals surface area (Å²) >= 11 is 0. The molecular formula is C19H24N4O2. The number of ether oxygens (including phenoxy) is 1. The van der Waals surface area contributed by atoms with Crippen LogP contribution in [0.15, 0.2) is 24.5 Å². The zero-order valence-electron chi connectivity index (χ0n) is 14.8. The van der Waals surface area contributed by atoms with Crippen molar-refractivity contribution in [2.75, 3.05) is 24.6 Å². The Morgan fingerprint density at radius 2 is 2.08 bits per heavy atom. The second-order valence-corrected chi connectivity index (χ2v) is 6.94. The summed E-state index contributed by atoms with van der Waals surface area (Å²) in [6, 6.07) is 4.27. The van der Waals surface area contributed by atoms with Crippen LogP contribution in [0.25, 0.3) is 0 Å². The van der Waals surface area contributed by atoms with E-state index in [9.17, 15) is 4.79 Å². The quantitative estimate of drug-likeness (QED) is 0.756. The van der Waals surface area contributed by atoms with Gasteiger partial charge in [0.15, 0.2) is 0 Å². The van der Waals surface area contributed by atoms with Crippen molar-refractivity contribution in [3.63, 3.8) is 0 Å². The third-order valence-corrected chi connectivity index (χ3v) is 5.17. The van der Waals surface area contributed by atoms with Crippen LogP contribution in [0.5, 0.6) is 0 Å². The van der Waals surface area contributed by atoms with E-state index in [-0.39, 0.29) is 5.97 Å². The number of nitrogens with zero attached hydrogens (tertiary/aromatic N) is 4. The average Bonchev–Trinajstić information content (AvgIpc) is 3.02. The maximum absolute atomic E-state index is 11.8. The van der Waals surface area contributed by atoms with E-state index < -0.39 is 0 Å². The van der Waals surface area contributed by atoms with Crippen LogP contribution in [0, 0.1) is 11.8 Å². The Bertz CT molecular complexity index is 775. The van der Waals surface area contributed by atoms with Crippen molar-refractivity contribution in [3.05, 3.63) is 41.3 Å². The molecule has 0 bridgehead atoms. The van der Waals surface area contributed by atoms with Crippen LogP contribution in [0.4, 0.5) is 5.82 Å². The summed E-state index contributed by atoms with van der Waals surface area (Å²) < 4.78 is 6.78. The topological polar surface area (TPSA) is 60.2 Å². The van der Waals surface area contributed by atoms with Crippen LogP contribution in [0.3, 0.4) is 0 Å². The van der Waals surface area contributed by atoms with E-state index in [0.717, 1.165) is 48.4 Å². The predicted molar refractivity (Wildman–Crippen MR) is 94.7 cm³/mol. The fraction of sp³-hybridized carbons (Fsp3) is 0.526. The molecule has 2 aromatic rings. The molecule has 4 rings (SSSR count). The smallest absolute Gasteiger partial charge is 0.341 e. The number of pyridine rings is 1. The van der Waals surface area contributed by atoms with Gasteiger partial charge in [0.2, 0.25) is 0 Å². The Kier molecular flexibility index (Phi) is 4.19. The molecule has 0 spiro atoms. The number of piperidine rings is 1. The fourth-order valence-electron chi connectivity index (χ4n) is 3.67. The monoisotopic (exact) mass is 340 g/mol. The number of carbonyl (C=O) groups excluding carboxylic acids is 1. The maximum atomic E-state index is 11.8. The molecule has 1 saturated heterocycles. The summed E-state index contributed by atoms with van der Waals surface area (Å²) in [5.41, 5.74) is 2.74. The van der Waals surface area contributed by atoms with E-state index in [2.05, 4.69) is 29.1 Å². The molecule has 1 saturated carbocycles. The van der Waals surface area contributed by atoms with Gasteiger partial charge in [-0.15, -0.1) is 0 Å². The predicted octanol–water partition coefficient (Wildman–Crippen LogP) is 2.52. The van der Waals surface area contributed by atoms with Crippen molar-refractivity contribution in [1.29, 1.82) is 0 Å². The van der Waals surface area contributed by atoms with Gasteiger partial charge in [-0.05, 0) is 43.2 Å². The summed E-state index contributed by atoms with van der Waals surface area (Å²) in [4.78, 5) is 19.1. The zero-order chi connectivity index (χ0) is 17.4. The van der Waals surface area contributed by atoms with Gasteiger partial charge in [-0.1, -0.05) is 13.0 Å². The van der Waals surface area contributed by atoms with Crippen LogP contribution in [-0.4, -0.2) is 40.4 Å². The Labute approximate surface area is 147 Å². The number of anilines is 1. The fourth-order valence-corrected chi connectivity index (χ4v) is 3.67. The van der Waals surface area contributed by atoms with Gasteiger partial charge in [0.05, 0.1) is 24.9 Å². The van der Waals surface area contributed by atoms with Gasteiger partial charge in [0.25, 0.3) is 0 Å². The number of aryl methyl sites for hydroxylation is 1. The van der Waals surface area contributed by atoms with Gasteiger partial charge in [0.1, 0.15) is 5.82 Å². The molecule has 1 aliphatic carbocycles. The largest absolute Gasteiger partial charge is 0.462 e. The molecule has 6 heteroatoms. The third-order valence-electron chi connectivity index (χ3n) is 5.17. The number of hydrogen-bond acceptors (Lipinski definition) is 5. The minimum absolute atomic E-state index is 0.328. The minimum atomic E-state index is -0.328. The molecule has 0 radical (unpaired) electrons. The second-order valence-electron chi connectivity index (χ2n) is 6.94. The lowest BCUT2D eigenvalue weighted by Crippen LogP contribution is -2.23. The van der Waals surface area contributed by atoms with Gasteiger partial charge in [0, 0.05) is 25.0 Å². The van der Waals surface area contributed by atoms with Crippen LogP contribution in [-0.2, 0) is 17.7 Å². The first kappa shape index (κ1) is 16.1. The van der Waals surface area contributed by atoms with Gasteiger partial charge in [-0.3, -0.25) is 4.68 Å². The summed E-state index contributed by atoms with van der Waals surface area (Å²) in [6.45, 7) is 7.22. The highest BCUT2D eigenvalue weighted by atomic mass is 16.5. The Balaban J connectivity index is 1.49. The van der Waals surface area contributed by atoms with Crippen LogP contribution >= 0.6 is 0 Å². The van der Waals surface area contributed by atoms with Crippen LogP contribution < -0.4 is 4.90 Å². The zero-order valence-corrected chi connectivity index (χ0v) is 14.8. The van der Waals surface area contributed by atoms with E-state index in [0.29, 0.717) is 18.7 Å². The summed E-state index contributed by atoms with van der Waals surface area (Å²) in [5.74, 6) is 2.57. The maximum Gasteiger partial charge on any atom is 0.341 e. The van der Waals surface area contributed by atoms with E-state index in [1.165, 1.54) is 6.42 Å². The summed E-state index contributed by atoms with van der Waals surface area (Å²) in [7, 11) is 0. The highest BCUT2D eigenvalue weighted by molar-refractivity contribution is 5.88. The average molecular weight is 340 g/mol. The molecule has 2 aromatic heterocycles. The molecule has 1 aliphatic heterocycles. The number of hydrogen-bond donors (Lipinski definition) is 0. The normalized spacial score (nSPS) is 21.3. The van der Waals surface area contributed by atoms with E-state index in [1.54, 1.807) is 24.0 Å². The molecular weight excluding hydrogens is 316 g/mol. The lowest BCUT2D eigenvalue weighted by atomic mass is 10.1. The van der Waals surface area contributed by atoms with E-state index in [4.69, 9.17) is 9.72 Å². The van der Waals surface area contributed by atoms with Crippen LogP contribution in [0.1, 0.15) is 41.9 Å². The van der Waals surface area contributed by atoms with Crippen molar-refractivity contribution >= 4 is 11.8 Å². The van der Waals surface area contributed by atoms with Crippen molar-refractivity contribution in [1.82, 2.24) is 14.8 Å². The first-order valence-corrected chi connectivity index (χ1v) is 9.11. The van der Waals surface area contributed by atoms with Gasteiger partial charge < -0.3 is 9.64 Å². The molecule has 2 unspecified atom stereocenters. The molecule has 3 heterocycles. The Morgan fingerprint density at radius 1 is 1.28 bits per heavy atom. The second kappa shape index (κ2) is 6.50. The van der Waals surface area contributed by atoms with Gasteiger partial charge >= 0.3 is 5.97 Å².